The van der Waals surface area contributed by atoms with E-state index in [1.807, 2.05) is 0 Å². The molecule has 6 nitrogen and oxygen atoms in total. The van der Waals surface area contributed by atoms with Crippen LogP contribution < -0.4 is 16.0 Å². The molecule has 0 aromatic heterocycles. The minimum absolute atomic E-state index is 0.121. The van der Waals surface area contributed by atoms with Gasteiger partial charge in [-0.3, -0.25) is 14.4 Å². The van der Waals surface area contributed by atoms with E-state index in [9.17, 15) is 18.8 Å². The first-order chi connectivity index (χ1) is 13.8. The van der Waals surface area contributed by atoms with Gasteiger partial charge in [-0.05, 0) is 49.1 Å². The number of nitrogens with one attached hydrogen (secondary N) is 3. The van der Waals surface area contributed by atoms with E-state index in [4.69, 9.17) is 0 Å². The summed E-state index contributed by atoms with van der Waals surface area (Å²) in [4.78, 5) is 37.4. The number of carbonyl (C=O) groups is 3. The van der Waals surface area contributed by atoms with E-state index in [0.717, 1.165) is 12.8 Å². The number of anilines is 1. The number of amides is 3. The minimum Gasteiger partial charge on any atom is -0.349 e. The summed E-state index contributed by atoms with van der Waals surface area (Å²) in [6.07, 6.45) is 1.97. The van der Waals surface area contributed by atoms with Gasteiger partial charge in [-0.1, -0.05) is 32.0 Å². The van der Waals surface area contributed by atoms with Gasteiger partial charge in [0.15, 0.2) is 0 Å². The summed E-state index contributed by atoms with van der Waals surface area (Å²) >= 11 is 0. The lowest BCUT2D eigenvalue weighted by Gasteiger charge is -2.22. The Kier molecular flexibility index (Phi) is 6.26. The van der Waals surface area contributed by atoms with E-state index in [1.54, 1.807) is 44.2 Å². The number of hydrogen-bond acceptors (Lipinski definition) is 3. The average Bonchev–Trinajstić information content (AvgIpc) is 3.50. The van der Waals surface area contributed by atoms with E-state index < -0.39 is 23.7 Å². The molecule has 2 aromatic carbocycles. The Hall–Kier alpha value is -3.22. The van der Waals surface area contributed by atoms with Crippen LogP contribution in [0.4, 0.5) is 10.1 Å². The van der Waals surface area contributed by atoms with Crippen LogP contribution in [0.1, 0.15) is 47.4 Å². The standard InChI is InChI=1S/C22H24FN3O3/c1-13(2)19(26-21(28)17-8-3-4-9-18(17)23)22(29)25-16-7-5-6-14(12-16)20(27)24-15-10-11-15/h3-9,12-13,15,19H,10-11H2,1-2H3,(H,24,27)(H,25,29)(H,26,28)/t19-/m0/s1. The highest BCUT2D eigenvalue weighted by Gasteiger charge is 2.26. The largest absolute Gasteiger partial charge is 0.349 e. The van der Waals surface area contributed by atoms with E-state index in [1.165, 1.54) is 18.2 Å². The molecule has 29 heavy (non-hydrogen) atoms. The molecule has 0 saturated heterocycles. The van der Waals surface area contributed by atoms with Gasteiger partial charge < -0.3 is 16.0 Å². The normalized spacial score (nSPS) is 14.2. The molecule has 1 atom stereocenters. The van der Waals surface area contributed by atoms with Crippen LogP contribution >= 0.6 is 0 Å². The number of halogens is 1. The molecule has 0 heterocycles. The fourth-order valence-electron chi connectivity index (χ4n) is 2.85. The SMILES string of the molecule is CC(C)[C@H](NC(=O)c1ccccc1F)C(=O)Nc1cccc(C(=O)NC2CC2)c1. The van der Waals surface area contributed by atoms with Crippen molar-refractivity contribution in [2.75, 3.05) is 5.32 Å². The molecule has 1 aliphatic rings. The first kappa shape index (κ1) is 20.5. The third-order valence-corrected chi connectivity index (χ3v) is 4.66. The van der Waals surface area contributed by atoms with Crippen LogP contribution in [0.15, 0.2) is 48.5 Å². The van der Waals surface area contributed by atoms with Gasteiger partial charge >= 0.3 is 0 Å². The van der Waals surface area contributed by atoms with Crippen LogP contribution in [-0.2, 0) is 4.79 Å². The topological polar surface area (TPSA) is 87.3 Å². The predicted octanol–water partition coefficient (Wildman–Crippen LogP) is 3.11. The highest BCUT2D eigenvalue weighted by molar-refractivity contribution is 6.02. The number of benzene rings is 2. The van der Waals surface area contributed by atoms with Gasteiger partial charge in [0.05, 0.1) is 5.56 Å². The average molecular weight is 397 g/mol. The molecule has 3 N–H and O–H groups in total. The molecule has 152 valence electrons. The van der Waals surface area contributed by atoms with Crippen molar-refractivity contribution in [1.29, 1.82) is 0 Å². The zero-order valence-electron chi connectivity index (χ0n) is 16.4. The minimum atomic E-state index is -0.869. The molecule has 7 heteroatoms. The maximum atomic E-state index is 13.9. The van der Waals surface area contributed by atoms with Crippen molar-refractivity contribution in [1.82, 2.24) is 10.6 Å². The third-order valence-electron chi connectivity index (χ3n) is 4.66. The molecule has 3 amide bonds. The van der Waals surface area contributed by atoms with Crippen molar-refractivity contribution in [3.63, 3.8) is 0 Å². The smallest absolute Gasteiger partial charge is 0.254 e. The van der Waals surface area contributed by atoms with Crippen LogP contribution in [0.5, 0.6) is 0 Å². The van der Waals surface area contributed by atoms with Gasteiger partial charge in [-0.25, -0.2) is 4.39 Å². The zero-order chi connectivity index (χ0) is 21.0. The Labute approximate surface area is 168 Å². The van der Waals surface area contributed by atoms with E-state index >= 15 is 0 Å². The summed E-state index contributed by atoms with van der Waals surface area (Å²) in [5.41, 5.74) is 0.778. The van der Waals surface area contributed by atoms with Crippen LogP contribution in [0.3, 0.4) is 0 Å². The van der Waals surface area contributed by atoms with Crippen LogP contribution in [0.2, 0.25) is 0 Å². The summed E-state index contributed by atoms with van der Waals surface area (Å²) in [5.74, 6) is -2.16. The van der Waals surface area contributed by atoms with Crippen molar-refractivity contribution in [2.45, 2.75) is 38.8 Å². The molecule has 0 spiro atoms. The van der Waals surface area contributed by atoms with Gasteiger partial charge in [0.1, 0.15) is 11.9 Å². The summed E-state index contributed by atoms with van der Waals surface area (Å²) in [6, 6.07) is 11.6. The Balaban J connectivity index is 1.69. The second-order valence-corrected chi connectivity index (χ2v) is 7.49. The molecular weight excluding hydrogens is 373 g/mol. The summed E-state index contributed by atoms with van der Waals surface area (Å²) in [6.45, 7) is 3.57. The molecule has 0 aliphatic heterocycles. The summed E-state index contributed by atoms with van der Waals surface area (Å²) < 4.78 is 13.9. The summed E-state index contributed by atoms with van der Waals surface area (Å²) in [7, 11) is 0. The third kappa shape index (κ3) is 5.40. The van der Waals surface area contributed by atoms with Crippen molar-refractivity contribution >= 4 is 23.4 Å². The van der Waals surface area contributed by atoms with Crippen molar-refractivity contribution in [3.05, 3.63) is 65.5 Å². The van der Waals surface area contributed by atoms with E-state index in [2.05, 4.69) is 16.0 Å². The second-order valence-electron chi connectivity index (χ2n) is 7.49. The number of carbonyl (C=O) groups excluding carboxylic acids is 3. The lowest BCUT2D eigenvalue weighted by molar-refractivity contribution is -0.118. The van der Waals surface area contributed by atoms with Gasteiger partial charge in [0.2, 0.25) is 5.91 Å². The van der Waals surface area contributed by atoms with E-state index in [0.29, 0.717) is 11.3 Å². The Morgan fingerprint density at radius 2 is 1.72 bits per heavy atom. The molecule has 3 rings (SSSR count). The van der Waals surface area contributed by atoms with Crippen molar-refractivity contribution < 1.29 is 18.8 Å². The molecule has 0 unspecified atom stereocenters. The Bertz CT molecular complexity index is 925. The maximum absolute atomic E-state index is 13.9. The van der Waals surface area contributed by atoms with Gasteiger partial charge in [0, 0.05) is 17.3 Å². The molecule has 1 saturated carbocycles. The molecule has 1 fully saturated rings. The van der Waals surface area contributed by atoms with Crippen LogP contribution in [0.25, 0.3) is 0 Å². The predicted molar refractivity (Wildman–Crippen MR) is 108 cm³/mol. The summed E-state index contributed by atoms with van der Waals surface area (Å²) in [5, 5.41) is 8.22. The lowest BCUT2D eigenvalue weighted by atomic mass is 10.0. The molecule has 0 bridgehead atoms. The quantitative estimate of drug-likeness (QED) is 0.671. The van der Waals surface area contributed by atoms with Crippen molar-refractivity contribution in [2.24, 2.45) is 5.92 Å². The van der Waals surface area contributed by atoms with Crippen LogP contribution in [-0.4, -0.2) is 29.8 Å². The Morgan fingerprint density at radius 3 is 2.38 bits per heavy atom. The zero-order valence-corrected chi connectivity index (χ0v) is 16.4. The number of hydrogen-bond donors (Lipinski definition) is 3. The first-order valence-electron chi connectivity index (χ1n) is 9.62. The fraction of sp³-hybridized carbons (Fsp3) is 0.318. The van der Waals surface area contributed by atoms with Crippen molar-refractivity contribution in [3.8, 4) is 0 Å². The monoisotopic (exact) mass is 397 g/mol. The molecule has 2 aromatic rings. The van der Waals surface area contributed by atoms with Gasteiger partial charge in [0.25, 0.3) is 11.8 Å². The Morgan fingerprint density at radius 1 is 1.00 bits per heavy atom. The molecule has 1 aliphatic carbocycles. The maximum Gasteiger partial charge on any atom is 0.254 e. The highest BCUT2D eigenvalue weighted by atomic mass is 19.1. The second kappa shape index (κ2) is 8.86. The van der Waals surface area contributed by atoms with Gasteiger partial charge in [-0.2, -0.15) is 0 Å². The lowest BCUT2D eigenvalue weighted by Crippen LogP contribution is -2.47. The van der Waals surface area contributed by atoms with Crippen LogP contribution in [0, 0.1) is 11.7 Å². The molecule has 0 radical (unpaired) electrons. The number of rotatable bonds is 7. The van der Waals surface area contributed by atoms with E-state index in [-0.39, 0.29) is 23.4 Å². The molecular formula is C22H24FN3O3. The highest BCUT2D eigenvalue weighted by Crippen LogP contribution is 2.20. The fourth-order valence-corrected chi connectivity index (χ4v) is 2.85. The first-order valence-corrected chi connectivity index (χ1v) is 9.62. The van der Waals surface area contributed by atoms with Gasteiger partial charge in [-0.15, -0.1) is 0 Å².